The SMILES string of the molecule is [C-]#[N+]c1cc(-c2c(C)cc(C)cc2C)cc(C#N)c1F. The molecule has 0 aliphatic carbocycles. The minimum atomic E-state index is -0.742. The normalized spacial score (nSPS) is 9.90. The van der Waals surface area contributed by atoms with E-state index in [0.717, 1.165) is 22.3 Å². The monoisotopic (exact) mass is 264 g/mol. The van der Waals surface area contributed by atoms with Crippen LogP contribution in [-0.2, 0) is 0 Å². The summed E-state index contributed by atoms with van der Waals surface area (Å²) in [6, 6.07) is 8.90. The molecular formula is C17H13FN2. The third-order valence-corrected chi connectivity index (χ3v) is 3.26. The van der Waals surface area contributed by atoms with Crippen LogP contribution in [0.5, 0.6) is 0 Å². The molecule has 0 bridgehead atoms. The molecule has 2 rings (SSSR count). The van der Waals surface area contributed by atoms with Crippen LogP contribution in [0.4, 0.5) is 10.1 Å². The minimum absolute atomic E-state index is 0.0899. The summed E-state index contributed by atoms with van der Waals surface area (Å²) in [5.74, 6) is -0.742. The summed E-state index contributed by atoms with van der Waals surface area (Å²) in [5, 5.41) is 9.00. The second kappa shape index (κ2) is 5.15. The highest BCUT2D eigenvalue weighted by Gasteiger charge is 2.14. The molecule has 98 valence electrons. The van der Waals surface area contributed by atoms with E-state index in [1.807, 2.05) is 39.0 Å². The van der Waals surface area contributed by atoms with Crippen LogP contribution in [0, 0.1) is 44.5 Å². The molecule has 0 fully saturated rings. The first-order valence-electron chi connectivity index (χ1n) is 6.17. The van der Waals surface area contributed by atoms with E-state index in [1.165, 1.54) is 12.1 Å². The molecule has 20 heavy (non-hydrogen) atoms. The lowest BCUT2D eigenvalue weighted by Crippen LogP contribution is -1.93. The highest BCUT2D eigenvalue weighted by molar-refractivity contribution is 5.76. The molecular weight excluding hydrogens is 251 g/mol. The zero-order valence-corrected chi connectivity index (χ0v) is 11.6. The standard InChI is InChI=1S/C17H13FN2/c1-10-5-11(2)16(12(3)6-10)13-7-14(9-19)17(18)15(8-13)20-4/h5-8H,1-3H3. The number of rotatable bonds is 1. The number of benzene rings is 2. The van der Waals surface area contributed by atoms with E-state index in [1.54, 1.807) is 0 Å². The van der Waals surface area contributed by atoms with E-state index in [2.05, 4.69) is 4.85 Å². The topological polar surface area (TPSA) is 28.1 Å². The summed E-state index contributed by atoms with van der Waals surface area (Å²) in [6.45, 7) is 13.0. The number of nitrogens with zero attached hydrogens (tertiary/aromatic N) is 2. The molecule has 0 atom stereocenters. The zero-order chi connectivity index (χ0) is 14.9. The van der Waals surface area contributed by atoms with E-state index in [0.29, 0.717) is 5.56 Å². The van der Waals surface area contributed by atoms with E-state index in [4.69, 9.17) is 11.8 Å². The second-order valence-electron chi connectivity index (χ2n) is 4.85. The lowest BCUT2D eigenvalue weighted by atomic mass is 9.92. The fourth-order valence-corrected chi connectivity index (χ4v) is 2.55. The summed E-state index contributed by atoms with van der Waals surface area (Å²) in [6.07, 6.45) is 0. The van der Waals surface area contributed by atoms with Crippen molar-refractivity contribution in [2.45, 2.75) is 20.8 Å². The predicted octanol–water partition coefficient (Wildman–Crippen LogP) is 4.84. The molecule has 3 heteroatoms. The average Bonchev–Trinajstić information content (AvgIpc) is 2.39. The van der Waals surface area contributed by atoms with Gasteiger partial charge in [-0.3, -0.25) is 0 Å². The van der Waals surface area contributed by atoms with E-state index in [9.17, 15) is 4.39 Å². The second-order valence-corrected chi connectivity index (χ2v) is 4.85. The van der Waals surface area contributed by atoms with Crippen LogP contribution in [-0.4, -0.2) is 0 Å². The third-order valence-electron chi connectivity index (χ3n) is 3.26. The quantitative estimate of drug-likeness (QED) is 0.677. The molecule has 0 spiro atoms. The van der Waals surface area contributed by atoms with Gasteiger partial charge < -0.3 is 0 Å². The highest BCUT2D eigenvalue weighted by Crippen LogP contribution is 2.33. The Bertz CT molecular complexity index is 719. The summed E-state index contributed by atoms with van der Waals surface area (Å²) < 4.78 is 13.8. The van der Waals surface area contributed by atoms with Gasteiger partial charge in [0.2, 0.25) is 5.69 Å². The van der Waals surface area contributed by atoms with Gasteiger partial charge in [-0.05, 0) is 55.2 Å². The summed E-state index contributed by atoms with van der Waals surface area (Å²) in [4.78, 5) is 3.17. The smallest absolute Gasteiger partial charge is 0.224 e. The molecule has 0 radical (unpaired) electrons. The van der Waals surface area contributed by atoms with Gasteiger partial charge in [0, 0.05) is 0 Å². The van der Waals surface area contributed by atoms with Crippen molar-refractivity contribution in [3.63, 3.8) is 0 Å². The fourth-order valence-electron chi connectivity index (χ4n) is 2.55. The number of hydrogen-bond acceptors (Lipinski definition) is 1. The van der Waals surface area contributed by atoms with Gasteiger partial charge in [-0.25, -0.2) is 9.24 Å². The highest BCUT2D eigenvalue weighted by atomic mass is 19.1. The number of nitriles is 1. The fraction of sp³-hybridized carbons (Fsp3) is 0.176. The average molecular weight is 264 g/mol. The van der Waals surface area contributed by atoms with Crippen LogP contribution in [0.1, 0.15) is 22.3 Å². The van der Waals surface area contributed by atoms with Gasteiger partial charge in [-0.15, -0.1) is 0 Å². The molecule has 0 amide bonds. The van der Waals surface area contributed by atoms with E-state index < -0.39 is 5.82 Å². The van der Waals surface area contributed by atoms with Gasteiger partial charge in [0.05, 0.1) is 12.1 Å². The molecule has 0 heterocycles. The third kappa shape index (κ3) is 2.27. The maximum Gasteiger partial charge on any atom is 0.224 e. The van der Waals surface area contributed by atoms with Crippen molar-refractivity contribution in [1.29, 1.82) is 5.26 Å². The van der Waals surface area contributed by atoms with Crippen molar-refractivity contribution in [1.82, 2.24) is 0 Å². The maximum absolute atomic E-state index is 13.8. The molecule has 0 aliphatic heterocycles. The van der Waals surface area contributed by atoms with Crippen molar-refractivity contribution < 1.29 is 4.39 Å². The van der Waals surface area contributed by atoms with E-state index in [-0.39, 0.29) is 11.3 Å². The summed E-state index contributed by atoms with van der Waals surface area (Å²) >= 11 is 0. The number of aryl methyl sites for hydroxylation is 3. The largest absolute Gasteiger partial charge is 0.235 e. The van der Waals surface area contributed by atoms with Crippen molar-refractivity contribution in [2.75, 3.05) is 0 Å². The Kier molecular flexibility index (Phi) is 3.55. The molecule has 0 saturated heterocycles. The predicted molar refractivity (Wildman–Crippen MR) is 77.0 cm³/mol. The molecule has 2 aromatic carbocycles. The van der Waals surface area contributed by atoms with Crippen LogP contribution in [0.3, 0.4) is 0 Å². The molecule has 0 unspecified atom stereocenters. The summed E-state index contributed by atoms with van der Waals surface area (Å²) in [5.41, 5.74) is 4.71. The zero-order valence-electron chi connectivity index (χ0n) is 11.6. The first kappa shape index (κ1) is 13.8. The molecule has 2 nitrogen and oxygen atoms in total. The minimum Gasteiger partial charge on any atom is -0.235 e. The Balaban J connectivity index is 2.79. The first-order valence-corrected chi connectivity index (χ1v) is 6.17. The van der Waals surface area contributed by atoms with Crippen molar-refractivity contribution in [3.05, 3.63) is 63.8 Å². The summed E-state index contributed by atoms with van der Waals surface area (Å²) in [7, 11) is 0. The van der Waals surface area contributed by atoms with Crippen LogP contribution in [0.2, 0.25) is 0 Å². The van der Waals surface area contributed by atoms with E-state index >= 15 is 0 Å². The van der Waals surface area contributed by atoms with Gasteiger partial charge in [-0.2, -0.15) is 5.26 Å². The first-order chi connectivity index (χ1) is 9.47. The van der Waals surface area contributed by atoms with Gasteiger partial charge in [0.25, 0.3) is 0 Å². The Morgan fingerprint density at radius 1 is 1.10 bits per heavy atom. The maximum atomic E-state index is 13.8. The van der Waals surface area contributed by atoms with Gasteiger partial charge in [0.1, 0.15) is 11.9 Å². The van der Waals surface area contributed by atoms with Crippen LogP contribution in [0.15, 0.2) is 24.3 Å². The number of halogens is 1. The Morgan fingerprint density at radius 3 is 2.20 bits per heavy atom. The molecule has 0 N–H and O–H groups in total. The Labute approximate surface area is 117 Å². The van der Waals surface area contributed by atoms with Crippen molar-refractivity contribution in [2.24, 2.45) is 0 Å². The van der Waals surface area contributed by atoms with Crippen molar-refractivity contribution >= 4 is 5.69 Å². The molecule has 0 aromatic heterocycles. The Hall–Kier alpha value is -2.65. The molecule has 2 aromatic rings. The molecule has 0 aliphatic rings. The molecule has 0 saturated carbocycles. The van der Waals surface area contributed by atoms with Crippen molar-refractivity contribution in [3.8, 4) is 17.2 Å². The van der Waals surface area contributed by atoms with Crippen LogP contribution >= 0.6 is 0 Å². The lowest BCUT2D eigenvalue weighted by molar-refractivity contribution is 0.630. The van der Waals surface area contributed by atoms with Gasteiger partial charge >= 0.3 is 0 Å². The van der Waals surface area contributed by atoms with Gasteiger partial charge in [0.15, 0.2) is 0 Å². The van der Waals surface area contributed by atoms with Crippen LogP contribution < -0.4 is 0 Å². The number of hydrogen-bond donors (Lipinski definition) is 0. The van der Waals surface area contributed by atoms with Crippen LogP contribution in [0.25, 0.3) is 16.0 Å². The van der Waals surface area contributed by atoms with Gasteiger partial charge in [-0.1, -0.05) is 17.7 Å². The lowest BCUT2D eigenvalue weighted by Gasteiger charge is -2.13. The Morgan fingerprint density at radius 2 is 1.70 bits per heavy atom.